The molecule has 4 nitrogen and oxygen atoms in total. The van der Waals surface area contributed by atoms with Gasteiger partial charge in [0.25, 0.3) is 0 Å². The van der Waals surface area contributed by atoms with Gasteiger partial charge in [-0.25, -0.2) is 0 Å². The third-order valence-electron chi connectivity index (χ3n) is 23.6. The molecule has 0 N–H and O–H groups in total. The van der Waals surface area contributed by atoms with Gasteiger partial charge in [-0.1, -0.05) is 291 Å². The summed E-state index contributed by atoms with van der Waals surface area (Å²) in [7, 11) is 0. The number of hydrogen-bond acceptors (Lipinski definition) is 2. The quantitative estimate of drug-likeness (QED) is 0.102. The fourth-order valence-corrected chi connectivity index (χ4v) is 17.7. The third-order valence-corrected chi connectivity index (χ3v) is 23.6. The normalized spacial score (nSPS) is 11.6. The van der Waals surface area contributed by atoms with Gasteiger partial charge in [0.15, 0.2) is 0 Å². The molecule has 0 fully saturated rings. The van der Waals surface area contributed by atoms with Gasteiger partial charge >= 0.3 is 0 Å². The monoisotopic (exact) mass is 1470 g/mol. The number of benzene rings is 20. The Kier molecular flexibility index (Phi) is 16.6. The van der Waals surface area contributed by atoms with E-state index in [1.165, 1.54) is 153 Å². The summed E-state index contributed by atoms with van der Waals surface area (Å²) < 4.78 is 4.75. The first-order chi connectivity index (χ1) is 57.4. The van der Waals surface area contributed by atoms with E-state index in [-0.39, 0.29) is 0 Å². The van der Waals surface area contributed by atoms with E-state index in [4.69, 9.17) is 0 Å². The largest absolute Gasteiger partial charge is 0.310 e. The minimum Gasteiger partial charge on any atom is -0.310 e. The molecule has 0 atom stereocenters. The molecule has 0 unspecified atom stereocenters. The van der Waals surface area contributed by atoms with Crippen molar-refractivity contribution in [2.24, 2.45) is 0 Å². The van der Waals surface area contributed by atoms with E-state index in [9.17, 15) is 0 Å². The molecule has 0 aliphatic rings. The van der Waals surface area contributed by atoms with Crippen LogP contribution in [0.5, 0.6) is 0 Å². The smallest absolute Gasteiger partial charge is 0.0541 e. The Balaban J connectivity index is 0.542. The molecule has 2 heterocycles. The van der Waals surface area contributed by atoms with Crippen molar-refractivity contribution >= 4 is 121 Å². The average molecular weight is 1480 g/mol. The van der Waals surface area contributed by atoms with Crippen molar-refractivity contribution in [2.45, 2.75) is 0 Å². The molecule has 0 aliphatic heterocycles. The van der Waals surface area contributed by atoms with Gasteiger partial charge in [0.2, 0.25) is 0 Å². The van der Waals surface area contributed by atoms with Gasteiger partial charge in [-0.15, -0.1) is 0 Å². The summed E-state index contributed by atoms with van der Waals surface area (Å²) in [5, 5.41) is 14.6. The van der Waals surface area contributed by atoms with Crippen LogP contribution >= 0.6 is 0 Å². The Morgan fingerprint density at radius 2 is 0.345 bits per heavy atom. The van der Waals surface area contributed by atoms with Crippen LogP contribution in [0.4, 0.5) is 34.1 Å². The molecule has 22 rings (SSSR count). The van der Waals surface area contributed by atoms with Crippen LogP contribution in [0.2, 0.25) is 0 Å². The van der Waals surface area contributed by atoms with Crippen LogP contribution in [-0.4, -0.2) is 9.13 Å². The molecule has 22 aromatic rings. The highest BCUT2D eigenvalue weighted by molar-refractivity contribution is 6.11. The number of para-hydroxylation sites is 4. The minimum atomic E-state index is 1.08. The lowest BCUT2D eigenvalue weighted by Crippen LogP contribution is -2.10. The zero-order valence-corrected chi connectivity index (χ0v) is 63.5. The van der Waals surface area contributed by atoms with Crippen molar-refractivity contribution in [3.8, 4) is 89.3 Å². The topological polar surface area (TPSA) is 16.3 Å². The predicted molar refractivity (Wildman–Crippen MR) is 493 cm³/mol. The van der Waals surface area contributed by atoms with E-state index in [2.05, 4.69) is 468 Å². The Bertz CT molecular complexity index is 7430. The zero-order valence-electron chi connectivity index (χ0n) is 63.5. The second-order valence-electron chi connectivity index (χ2n) is 30.5. The van der Waals surface area contributed by atoms with Crippen LogP contribution in [0.3, 0.4) is 0 Å². The molecule has 2 aromatic heterocycles. The van der Waals surface area contributed by atoms with Crippen LogP contribution in [-0.2, 0) is 0 Å². The zero-order chi connectivity index (χ0) is 76.6. The molecule has 542 valence electrons. The van der Waals surface area contributed by atoms with Gasteiger partial charge in [0, 0.05) is 67.0 Å². The van der Waals surface area contributed by atoms with Crippen molar-refractivity contribution in [1.29, 1.82) is 0 Å². The molecule has 20 aromatic carbocycles. The molecule has 0 saturated carbocycles. The Hall–Kier alpha value is -15.4. The lowest BCUT2D eigenvalue weighted by atomic mass is 9.94. The summed E-state index contributed by atoms with van der Waals surface area (Å²) in [5.74, 6) is 0. The molecular formula is C112H74N4. The van der Waals surface area contributed by atoms with Crippen molar-refractivity contribution in [1.82, 2.24) is 9.13 Å². The Morgan fingerprint density at radius 3 is 0.707 bits per heavy atom. The first-order valence-electron chi connectivity index (χ1n) is 39.9. The summed E-state index contributed by atoms with van der Waals surface area (Å²) in [6, 6.07) is 165. The van der Waals surface area contributed by atoms with Crippen LogP contribution < -0.4 is 9.80 Å². The standard InChI is InChI=1S/C112H74N4/c1-2-16-75(17-3-1)87-34-37-94-73-103(64-51-91(94)69-87)114(99-55-42-78(43-56-99)80-46-61-101(62-47-80)116-111-30-12-8-26-107(111)108-27-9-13-31-112(108)116)104-65-52-93-71-90(36-39-96(93)74-104)86-23-15-21-84(68-86)83-20-14-22-85(67-83)89-35-38-95-72-102(63-50-92(95)70-89)113(98-57-48-81(49-58-98)88-33-32-76-18-4-5-19-82(76)66-88)97-53-40-77(41-54-97)79-44-59-100(60-45-79)115-109-28-10-6-24-105(109)106-25-7-11-29-110(106)115/h1-74H. The number of nitrogens with zero attached hydrogens (tertiary/aromatic N) is 4. The van der Waals surface area contributed by atoms with E-state index >= 15 is 0 Å². The van der Waals surface area contributed by atoms with Crippen LogP contribution in [0, 0.1) is 0 Å². The fraction of sp³-hybridized carbons (Fsp3) is 0. The van der Waals surface area contributed by atoms with Gasteiger partial charge in [-0.3, -0.25) is 0 Å². The van der Waals surface area contributed by atoms with E-state index < -0.39 is 0 Å². The third kappa shape index (κ3) is 12.3. The number of anilines is 6. The number of aromatic nitrogens is 2. The van der Waals surface area contributed by atoms with E-state index in [1.807, 2.05) is 0 Å². The van der Waals surface area contributed by atoms with Crippen LogP contribution in [0.25, 0.3) is 176 Å². The van der Waals surface area contributed by atoms with Crippen molar-refractivity contribution < 1.29 is 0 Å². The molecule has 4 heteroatoms. The molecule has 116 heavy (non-hydrogen) atoms. The van der Waals surface area contributed by atoms with Gasteiger partial charge in [-0.2, -0.15) is 0 Å². The lowest BCUT2D eigenvalue weighted by Gasteiger charge is -2.26. The van der Waals surface area contributed by atoms with Crippen molar-refractivity contribution in [3.05, 3.63) is 449 Å². The Morgan fingerprint density at radius 1 is 0.129 bits per heavy atom. The van der Waals surface area contributed by atoms with Crippen LogP contribution in [0.1, 0.15) is 0 Å². The molecule has 0 saturated heterocycles. The summed E-state index contributed by atoms with van der Waals surface area (Å²) in [4.78, 5) is 4.78. The predicted octanol–water partition coefficient (Wildman–Crippen LogP) is 31.1. The molecule has 0 spiro atoms. The lowest BCUT2D eigenvalue weighted by molar-refractivity contribution is 1.18. The molecule has 0 amide bonds. The maximum atomic E-state index is 2.40. The number of rotatable bonds is 15. The number of fused-ring (bicyclic) bond motifs is 10. The second kappa shape index (κ2) is 28.4. The number of hydrogen-bond donors (Lipinski definition) is 0. The SMILES string of the molecule is c1ccc(-c2ccc3cc(N(c4ccc(-c5ccc(-n6c7ccccc7c7ccccc76)cc5)cc4)c4ccc5cc(-c6cccc(-c7cccc(-c8ccc9cc(N(c%10ccc(-c%11ccc(-n%12c%13ccccc%13c%13ccccc%13%12)cc%11)cc%10)c%10ccc(-c%11ccc%12ccccc%12c%11)cc%10)ccc9c8)c7)c6)ccc5c4)ccc3c2)cc1. The highest BCUT2D eigenvalue weighted by Gasteiger charge is 2.21. The van der Waals surface area contributed by atoms with Gasteiger partial charge < -0.3 is 18.9 Å². The fourth-order valence-electron chi connectivity index (χ4n) is 17.7. The summed E-state index contributed by atoms with van der Waals surface area (Å²) in [6.07, 6.45) is 0. The minimum absolute atomic E-state index is 1.08. The van der Waals surface area contributed by atoms with Gasteiger partial charge in [0.05, 0.1) is 22.1 Å². The molecule has 0 aliphatic carbocycles. The summed E-state index contributed by atoms with van der Waals surface area (Å²) in [5.41, 5.74) is 30.1. The molecule has 0 bridgehead atoms. The van der Waals surface area contributed by atoms with E-state index in [0.717, 1.165) is 56.6 Å². The second-order valence-corrected chi connectivity index (χ2v) is 30.5. The van der Waals surface area contributed by atoms with Crippen molar-refractivity contribution in [3.63, 3.8) is 0 Å². The highest BCUT2D eigenvalue weighted by Crippen LogP contribution is 2.44. The van der Waals surface area contributed by atoms with Crippen molar-refractivity contribution in [2.75, 3.05) is 9.80 Å². The van der Waals surface area contributed by atoms with Gasteiger partial charge in [0.1, 0.15) is 0 Å². The van der Waals surface area contributed by atoms with E-state index in [1.54, 1.807) is 0 Å². The van der Waals surface area contributed by atoms with Gasteiger partial charge in [-0.05, 0) is 279 Å². The van der Waals surface area contributed by atoms with E-state index in [0.29, 0.717) is 0 Å². The maximum Gasteiger partial charge on any atom is 0.0541 e. The molecular weight excluding hydrogens is 1400 g/mol. The summed E-state index contributed by atoms with van der Waals surface area (Å²) in [6.45, 7) is 0. The van der Waals surface area contributed by atoms with Crippen LogP contribution in [0.15, 0.2) is 449 Å². The first kappa shape index (κ1) is 67.5. The Labute approximate surface area is 673 Å². The molecule has 0 radical (unpaired) electrons. The summed E-state index contributed by atoms with van der Waals surface area (Å²) >= 11 is 0. The average Bonchev–Trinajstić information content (AvgIpc) is 1.51. The first-order valence-corrected chi connectivity index (χ1v) is 39.9. The maximum absolute atomic E-state index is 2.40. The highest BCUT2D eigenvalue weighted by atomic mass is 15.1.